The molecule has 0 bridgehead atoms. The second-order valence-corrected chi connectivity index (χ2v) is 6.49. The fourth-order valence-corrected chi connectivity index (χ4v) is 2.16. The summed E-state index contributed by atoms with van der Waals surface area (Å²) in [7, 11) is 4.37. The first-order valence-electron chi connectivity index (χ1n) is 7.27. The Morgan fingerprint density at radius 1 is 1.25 bits per heavy atom. The van der Waals surface area contributed by atoms with Gasteiger partial charge in [0.2, 0.25) is 0 Å². The van der Waals surface area contributed by atoms with Gasteiger partial charge in [-0.2, -0.15) is 0 Å². The Hall–Kier alpha value is -0.0800. The third kappa shape index (κ3) is 7.64. The summed E-state index contributed by atoms with van der Waals surface area (Å²) in [6.45, 7) is 13.7. The molecule has 0 aromatic heterocycles. The van der Waals surface area contributed by atoms with Gasteiger partial charge in [0.05, 0.1) is 6.54 Å². The van der Waals surface area contributed by atoms with Crippen molar-refractivity contribution in [3.8, 4) is 0 Å². The quantitative estimate of drug-likeness (QED) is 0.427. The number of likely N-dealkylation sites (N-methyl/N-ethyl adjacent to an activating group) is 2. The Balaban J connectivity index is 0.00000361. The third-order valence-electron chi connectivity index (χ3n) is 3.28. The van der Waals surface area contributed by atoms with Gasteiger partial charge >= 0.3 is 0 Å². The fraction of sp³-hybridized carbons (Fsp3) is 0.929. The molecule has 5 nitrogen and oxygen atoms in total. The minimum Gasteiger partial charge on any atom is -0.357 e. The monoisotopic (exact) mass is 397 g/mol. The van der Waals surface area contributed by atoms with E-state index >= 15 is 0 Å². The Bertz CT molecular complexity index is 300. The Morgan fingerprint density at radius 2 is 1.90 bits per heavy atom. The molecule has 1 rings (SSSR count). The zero-order valence-electron chi connectivity index (χ0n) is 13.9. The van der Waals surface area contributed by atoms with Crippen molar-refractivity contribution < 1.29 is 0 Å². The van der Waals surface area contributed by atoms with E-state index in [2.05, 4.69) is 62.2 Å². The van der Waals surface area contributed by atoms with Crippen LogP contribution in [0.3, 0.4) is 0 Å². The molecule has 0 aromatic carbocycles. The average molecular weight is 397 g/mol. The topological polar surface area (TPSA) is 42.9 Å². The number of nitrogens with zero attached hydrogens (tertiary/aromatic N) is 3. The molecule has 1 fully saturated rings. The zero-order chi connectivity index (χ0) is 14.5. The molecule has 0 saturated carbocycles. The molecule has 1 atom stereocenters. The molecule has 6 heteroatoms. The average Bonchev–Trinajstić information content (AvgIpc) is 2.28. The molecule has 0 radical (unpaired) electrons. The van der Waals surface area contributed by atoms with E-state index in [0.29, 0.717) is 6.04 Å². The maximum atomic E-state index is 4.73. The molecule has 0 amide bonds. The molecule has 0 spiro atoms. The molecule has 20 heavy (non-hydrogen) atoms. The lowest BCUT2D eigenvalue weighted by atomic mass is 10.1. The number of hydrogen-bond donors (Lipinski definition) is 2. The molecule has 1 heterocycles. The van der Waals surface area contributed by atoms with E-state index in [4.69, 9.17) is 4.99 Å². The maximum Gasteiger partial charge on any atom is 0.191 e. The van der Waals surface area contributed by atoms with Crippen molar-refractivity contribution in [1.82, 2.24) is 20.4 Å². The van der Waals surface area contributed by atoms with Crippen molar-refractivity contribution in [1.29, 1.82) is 0 Å². The normalized spacial score (nSPS) is 22.3. The van der Waals surface area contributed by atoms with Gasteiger partial charge in [0, 0.05) is 37.8 Å². The van der Waals surface area contributed by atoms with Crippen LogP contribution < -0.4 is 10.6 Å². The number of piperazine rings is 1. The van der Waals surface area contributed by atoms with E-state index in [1.165, 1.54) is 0 Å². The van der Waals surface area contributed by atoms with E-state index in [1.54, 1.807) is 0 Å². The smallest absolute Gasteiger partial charge is 0.191 e. The molecule has 0 aromatic rings. The van der Waals surface area contributed by atoms with Crippen LogP contribution in [0, 0.1) is 0 Å². The summed E-state index contributed by atoms with van der Waals surface area (Å²) in [6.07, 6.45) is 0. The maximum absolute atomic E-state index is 4.73. The van der Waals surface area contributed by atoms with Crippen molar-refractivity contribution in [2.45, 2.75) is 39.3 Å². The predicted octanol–water partition coefficient (Wildman–Crippen LogP) is 1.20. The van der Waals surface area contributed by atoms with Crippen molar-refractivity contribution in [2.24, 2.45) is 4.99 Å². The second-order valence-electron chi connectivity index (χ2n) is 6.49. The van der Waals surface area contributed by atoms with Gasteiger partial charge in [-0.25, -0.2) is 0 Å². The van der Waals surface area contributed by atoms with E-state index in [0.717, 1.165) is 38.7 Å². The van der Waals surface area contributed by atoms with E-state index in [-0.39, 0.29) is 29.5 Å². The molecule has 2 N–H and O–H groups in total. The highest BCUT2D eigenvalue weighted by Crippen LogP contribution is 2.06. The SMILES string of the molecule is CCNC(=NCC1CN(C)CCN1C)NC(C)(C)C.I. The molecule has 1 unspecified atom stereocenters. The van der Waals surface area contributed by atoms with E-state index in [1.807, 2.05) is 0 Å². The highest BCUT2D eigenvalue weighted by molar-refractivity contribution is 14.0. The van der Waals surface area contributed by atoms with Crippen LogP contribution >= 0.6 is 24.0 Å². The lowest BCUT2D eigenvalue weighted by Gasteiger charge is -2.37. The number of halogens is 1. The number of nitrogens with one attached hydrogen (secondary N) is 2. The number of guanidine groups is 1. The van der Waals surface area contributed by atoms with Gasteiger partial charge in [0.1, 0.15) is 0 Å². The van der Waals surface area contributed by atoms with Crippen molar-refractivity contribution in [3.05, 3.63) is 0 Å². The van der Waals surface area contributed by atoms with Crippen LogP contribution in [0.1, 0.15) is 27.7 Å². The van der Waals surface area contributed by atoms with Crippen LogP contribution in [-0.4, -0.2) is 74.2 Å². The van der Waals surface area contributed by atoms with Crippen LogP contribution in [0.4, 0.5) is 0 Å². The molecule has 1 aliphatic heterocycles. The highest BCUT2D eigenvalue weighted by atomic mass is 127. The predicted molar refractivity (Wildman–Crippen MR) is 98.2 cm³/mol. The second kappa shape index (κ2) is 9.04. The zero-order valence-corrected chi connectivity index (χ0v) is 16.2. The van der Waals surface area contributed by atoms with Crippen LogP contribution in [0.2, 0.25) is 0 Å². The Labute approximate surface area is 141 Å². The van der Waals surface area contributed by atoms with Gasteiger partial charge in [0.15, 0.2) is 5.96 Å². The first kappa shape index (κ1) is 19.9. The molecule has 0 aliphatic carbocycles. The fourth-order valence-electron chi connectivity index (χ4n) is 2.16. The van der Waals surface area contributed by atoms with E-state index < -0.39 is 0 Å². The Morgan fingerprint density at radius 3 is 2.45 bits per heavy atom. The van der Waals surface area contributed by atoms with Crippen molar-refractivity contribution in [2.75, 3.05) is 46.8 Å². The molecular weight excluding hydrogens is 365 g/mol. The molecule has 1 saturated heterocycles. The first-order valence-corrected chi connectivity index (χ1v) is 7.27. The first-order chi connectivity index (χ1) is 8.81. The van der Waals surface area contributed by atoms with E-state index in [9.17, 15) is 0 Å². The lowest BCUT2D eigenvalue weighted by Crippen LogP contribution is -2.52. The summed E-state index contributed by atoms with van der Waals surface area (Å²) in [5, 5.41) is 6.74. The van der Waals surface area contributed by atoms with Gasteiger partial charge in [-0.1, -0.05) is 0 Å². The van der Waals surface area contributed by atoms with Crippen LogP contribution in [0.15, 0.2) is 4.99 Å². The van der Waals surface area contributed by atoms with Crippen LogP contribution in [0.25, 0.3) is 0 Å². The molecule has 1 aliphatic rings. The van der Waals surface area contributed by atoms with Gasteiger partial charge in [0.25, 0.3) is 0 Å². The number of rotatable bonds is 3. The van der Waals surface area contributed by atoms with Crippen LogP contribution in [0.5, 0.6) is 0 Å². The Kier molecular flexibility index (Phi) is 9.01. The summed E-state index contributed by atoms with van der Waals surface area (Å²) < 4.78 is 0. The standard InChI is InChI=1S/C14H31N5.HI/c1-7-15-13(17-14(2,3)4)16-10-12-11-18(5)8-9-19(12)6;/h12H,7-11H2,1-6H3,(H2,15,16,17);1H. The summed E-state index contributed by atoms with van der Waals surface area (Å²) in [5.74, 6) is 0.914. The number of aliphatic imine (C=N–C) groups is 1. The summed E-state index contributed by atoms with van der Waals surface area (Å²) in [4.78, 5) is 9.52. The number of hydrogen-bond acceptors (Lipinski definition) is 3. The third-order valence-corrected chi connectivity index (χ3v) is 3.28. The molecular formula is C14H32IN5. The van der Waals surface area contributed by atoms with Gasteiger partial charge in [-0.15, -0.1) is 24.0 Å². The summed E-state index contributed by atoms with van der Waals surface area (Å²) in [6, 6.07) is 0.508. The van der Waals surface area contributed by atoms with Crippen LogP contribution in [-0.2, 0) is 0 Å². The summed E-state index contributed by atoms with van der Waals surface area (Å²) in [5.41, 5.74) is 0.0380. The highest BCUT2D eigenvalue weighted by Gasteiger charge is 2.22. The molecule has 120 valence electrons. The minimum absolute atomic E-state index is 0. The summed E-state index contributed by atoms with van der Waals surface area (Å²) >= 11 is 0. The largest absolute Gasteiger partial charge is 0.357 e. The minimum atomic E-state index is 0. The van der Waals surface area contributed by atoms with Gasteiger partial charge in [-0.3, -0.25) is 9.89 Å². The lowest BCUT2D eigenvalue weighted by molar-refractivity contribution is 0.119. The van der Waals surface area contributed by atoms with Gasteiger partial charge in [-0.05, 0) is 41.8 Å². The van der Waals surface area contributed by atoms with Crippen molar-refractivity contribution in [3.63, 3.8) is 0 Å². The van der Waals surface area contributed by atoms with Crippen molar-refractivity contribution >= 4 is 29.9 Å². The van der Waals surface area contributed by atoms with Gasteiger partial charge < -0.3 is 15.5 Å².